The third kappa shape index (κ3) is 3.94. The van der Waals surface area contributed by atoms with Crippen LogP contribution in [-0.2, 0) is 28.6 Å². The van der Waals surface area contributed by atoms with E-state index in [9.17, 15) is 24.3 Å². The fourth-order valence-electron chi connectivity index (χ4n) is 7.65. The number of aliphatic hydroxyl groups is 1. The van der Waals surface area contributed by atoms with Crippen molar-refractivity contribution in [3.63, 3.8) is 0 Å². The molecule has 4 aliphatic rings. The summed E-state index contributed by atoms with van der Waals surface area (Å²) in [6, 6.07) is 0. The van der Waals surface area contributed by atoms with Gasteiger partial charge in [-0.3, -0.25) is 14.4 Å². The van der Waals surface area contributed by atoms with Gasteiger partial charge in [0.15, 0.2) is 18.0 Å². The normalized spacial score (nSPS) is 39.6. The second-order valence-electron chi connectivity index (χ2n) is 10.8. The highest BCUT2D eigenvalue weighted by Crippen LogP contribution is 2.67. The first kappa shape index (κ1) is 25.6. The molecule has 0 spiro atoms. The molecule has 0 heterocycles. The molecule has 0 radical (unpaired) electrons. The maximum atomic E-state index is 13.6. The zero-order valence-corrected chi connectivity index (χ0v) is 21.0. The van der Waals surface area contributed by atoms with Crippen molar-refractivity contribution in [1.29, 1.82) is 0 Å². The second-order valence-corrected chi connectivity index (χ2v) is 10.8. The Kier molecular flexibility index (Phi) is 6.72. The first-order valence-corrected chi connectivity index (χ1v) is 12.7. The largest absolute Gasteiger partial charge is 0.509 e. The molecule has 0 aromatic carbocycles. The number of ketones is 2. The third-order valence-electron chi connectivity index (χ3n) is 9.24. The Morgan fingerprint density at radius 1 is 1.14 bits per heavy atom. The predicted octanol–water partition coefficient (Wildman–Crippen LogP) is 3.70. The standard InChI is InChI=1S/C27H36O8/c1-5-22(31)34-15-21(30)27(35-24(32)33-6-2)12-10-19-18-8-7-16-13-17(28)9-11-25(16,3)23(18)20(29)14-26(19,27)4/h9,11,13,18-20,23,29H,5-8,10,12,14-15H2,1-4H3/t18-,19-,20-,23+,25+,26+,27+/m0/s1. The number of rotatable bonds is 6. The van der Waals surface area contributed by atoms with Gasteiger partial charge < -0.3 is 19.3 Å². The number of ether oxygens (including phenoxy) is 3. The van der Waals surface area contributed by atoms with E-state index in [1.807, 2.05) is 13.0 Å². The molecule has 3 fully saturated rings. The lowest BCUT2D eigenvalue weighted by molar-refractivity contribution is -0.185. The molecule has 3 saturated carbocycles. The van der Waals surface area contributed by atoms with Crippen molar-refractivity contribution < 1.29 is 38.5 Å². The molecule has 0 aromatic heterocycles. The smallest absolute Gasteiger partial charge is 0.457 e. The average Bonchev–Trinajstić information content (AvgIpc) is 3.09. The molecule has 4 aliphatic carbocycles. The topological polar surface area (TPSA) is 116 Å². The van der Waals surface area contributed by atoms with E-state index in [1.165, 1.54) is 0 Å². The van der Waals surface area contributed by atoms with Crippen LogP contribution in [0.2, 0.25) is 0 Å². The maximum Gasteiger partial charge on any atom is 0.509 e. The molecule has 0 aromatic rings. The number of fused-ring (bicyclic) bond motifs is 5. The predicted molar refractivity (Wildman–Crippen MR) is 125 cm³/mol. The van der Waals surface area contributed by atoms with E-state index in [2.05, 4.69) is 6.92 Å². The molecule has 192 valence electrons. The minimum Gasteiger partial charge on any atom is -0.457 e. The molecule has 1 N–H and O–H groups in total. The van der Waals surface area contributed by atoms with Gasteiger partial charge >= 0.3 is 12.1 Å². The fourth-order valence-corrected chi connectivity index (χ4v) is 7.65. The van der Waals surface area contributed by atoms with Crippen LogP contribution in [0.1, 0.15) is 66.2 Å². The van der Waals surface area contributed by atoms with Crippen LogP contribution in [0, 0.1) is 28.6 Å². The molecule has 7 atom stereocenters. The van der Waals surface area contributed by atoms with Gasteiger partial charge in [-0.05, 0) is 63.0 Å². The molecule has 8 nitrogen and oxygen atoms in total. The van der Waals surface area contributed by atoms with Crippen molar-refractivity contribution in [3.05, 3.63) is 23.8 Å². The van der Waals surface area contributed by atoms with Crippen molar-refractivity contribution in [2.24, 2.45) is 28.6 Å². The summed E-state index contributed by atoms with van der Waals surface area (Å²) < 4.78 is 16.0. The van der Waals surface area contributed by atoms with Gasteiger partial charge in [0.2, 0.25) is 5.78 Å². The molecule has 0 amide bonds. The van der Waals surface area contributed by atoms with Crippen molar-refractivity contribution >= 4 is 23.7 Å². The van der Waals surface area contributed by atoms with Crippen LogP contribution in [0.4, 0.5) is 4.79 Å². The molecule has 35 heavy (non-hydrogen) atoms. The maximum absolute atomic E-state index is 13.6. The van der Waals surface area contributed by atoms with E-state index in [4.69, 9.17) is 14.2 Å². The summed E-state index contributed by atoms with van der Waals surface area (Å²) in [4.78, 5) is 50.0. The van der Waals surface area contributed by atoms with Crippen LogP contribution in [0.15, 0.2) is 23.8 Å². The SMILES string of the molecule is CCOC(=O)O[C@@]1(C(=O)COC(=O)CC)CC[C@H]2[C@@H]3CCC4=CC(=O)C=C[C@@]4(C)[C@H]3[C@@H](O)C[C@]21C. The van der Waals surface area contributed by atoms with Gasteiger partial charge in [0.1, 0.15) is 0 Å². The summed E-state index contributed by atoms with van der Waals surface area (Å²) >= 11 is 0. The monoisotopic (exact) mass is 488 g/mol. The van der Waals surface area contributed by atoms with Gasteiger partial charge in [-0.2, -0.15) is 0 Å². The highest BCUT2D eigenvalue weighted by atomic mass is 16.7. The van der Waals surface area contributed by atoms with E-state index in [0.29, 0.717) is 6.42 Å². The Balaban J connectivity index is 1.70. The summed E-state index contributed by atoms with van der Waals surface area (Å²) in [5.74, 6) is -1.06. The van der Waals surface area contributed by atoms with E-state index >= 15 is 0 Å². The number of hydrogen-bond donors (Lipinski definition) is 1. The number of Topliss-reactive ketones (excluding diaryl/α,β-unsaturated/α-hetero) is 1. The molecular weight excluding hydrogens is 452 g/mol. The van der Waals surface area contributed by atoms with Gasteiger partial charge in [-0.15, -0.1) is 0 Å². The van der Waals surface area contributed by atoms with Crippen LogP contribution < -0.4 is 0 Å². The van der Waals surface area contributed by atoms with Gasteiger partial charge in [0, 0.05) is 23.2 Å². The zero-order chi connectivity index (χ0) is 25.6. The minimum absolute atomic E-state index is 0.000515. The molecule has 0 aliphatic heterocycles. The van der Waals surface area contributed by atoms with E-state index in [1.54, 1.807) is 26.0 Å². The highest BCUT2D eigenvalue weighted by Gasteiger charge is 2.70. The Labute approximate surface area is 206 Å². The molecular formula is C27H36O8. The Hall–Kier alpha value is -2.48. The highest BCUT2D eigenvalue weighted by molar-refractivity contribution is 6.01. The molecule has 0 saturated heterocycles. The fraction of sp³-hybridized carbons (Fsp3) is 0.704. The van der Waals surface area contributed by atoms with Gasteiger partial charge in [-0.25, -0.2) is 4.79 Å². The molecule has 0 unspecified atom stereocenters. The van der Waals surface area contributed by atoms with Crippen LogP contribution in [0.5, 0.6) is 0 Å². The number of esters is 1. The number of carbonyl (C=O) groups is 4. The lowest BCUT2D eigenvalue weighted by Crippen LogP contribution is -2.63. The van der Waals surface area contributed by atoms with Crippen molar-refractivity contribution in [1.82, 2.24) is 0 Å². The Morgan fingerprint density at radius 2 is 1.89 bits per heavy atom. The molecule has 4 rings (SSSR count). The van der Waals surface area contributed by atoms with E-state index < -0.39 is 47.0 Å². The Bertz CT molecular complexity index is 982. The van der Waals surface area contributed by atoms with Gasteiger partial charge in [0.25, 0.3) is 0 Å². The summed E-state index contributed by atoms with van der Waals surface area (Å²) in [6.45, 7) is 6.90. The average molecular weight is 489 g/mol. The van der Waals surface area contributed by atoms with Crippen LogP contribution in [-0.4, -0.2) is 53.7 Å². The number of carbonyl (C=O) groups excluding carboxylic acids is 4. The minimum atomic E-state index is -1.56. The first-order valence-electron chi connectivity index (χ1n) is 12.7. The number of hydrogen-bond acceptors (Lipinski definition) is 8. The van der Waals surface area contributed by atoms with Crippen LogP contribution >= 0.6 is 0 Å². The van der Waals surface area contributed by atoms with E-state index in [-0.39, 0.29) is 49.4 Å². The lowest BCUT2D eigenvalue weighted by atomic mass is 9.46. The van der Waals surface area contributed by atoms with Crippen molar-refractivity contribution in [2.75, 3.05) is 13.2 Å². The van der Waals surface area contributed by atoms with Gasteiger partial charge in [0.05, 0.1) is 12.7 Å². The van der Waals surface area contributed by atoms with Crippen molar-refractivity contribution in [3.8, 4) is 0 Å². The summed E-state index contributed by atoms with van der Waals surface area (Å²) in [5.41, 5.74) is -1.81. The lowest BCUT2D eigenvalue weighted by Gasteiger charge is -2.59. The second kappa shape index (κ2) is 9.19. The zero-order valence-electron chi connectivity index (χ0n) is 21.0. The summed E-state index contributed by atoms with van der Waals surface area (Å²) in [7, 11) is 0. The molecule has 0 bridgehead atoms. The van der Waals surface area contributed by atoms with Crippen LogP contribution in [0.25, 0.3) is 0 Å². The Morgan fingerprint density at radius 3 is 2.57 bits per heavy atom. The van der Waals surface area contributed by atoms with Crippen molar-refractivity contribution in [2.45, 2.75) is 77.9 Å². The third-order valence-corrected chi connectivity index (χ3v) is 9.24. The quantitative estimate of drug-likeness (QED) is 0.563. The summed E-state index contributed by atoms with van der Waals surface area (Å²) in [5, 5.41) is 11.6. The number of allylic oxidation sites excluding steroid dienone is 4. The van der Waals surface area contributed by atoms with Gasteiger partial charge in [-0.1, -0.05) is 32.4 Å². The van der Waals surface area contributed by atoms with E-state index in [0.717, 1.165) is 18.4 Å². The number of aliphatic hydroxyl groups excluding tert-OH is 1. The first-order chi connectivity index (χ1) is 16.5. The summed E-state index contributed by atoms with van der Waals surface area (Å²) in [6.07, 6.45) is 6.31. The van der Waals surface area contributed by atoms with Crippen LogP contribution in [0.3, 0.4) is 0 Å². The molecule has 8 heteroatoms.